The smallest absolute Gasteiger partial charge is 0.127 e. The van der Waals surface area contributed by atoms with Crippen molar-refractivity contribution in [2.75, 3.05) is 6.61 Å². The van der Waals surface area contributed by atoms with Gasteiger partial charge in [0.05, 0.1) is 6.61 Å². The van der Waals surface area contributed by atoms with Crippen LogP contribution in [0.1, 0.15) is 29.2 Å². The van der Waals surface area contributed by atoms with E-state index in [1.165, 1.54) is 11.6 Å². The molecule has 110 valence electrons. The molecular weight excluding hydrogens is 289 g/mol. The Hall–Kier alpha value is -1.58. The summed E-state index contributed by atoms with van der Waals surface area (Å²) in [5.41, 5.74) is 8.86. The van der Waals surface area contributed by atoms with Gasteiger partial charge in [0, 0.05) is 16.6 Å². The Kier molecular flexibility index (Phi) is 4.13. The first-order valence-electron chi connectivity index (χ1n) is 7.09. The summed E-state index contributed by atoms with van der Waals surface area (Å²) in [6, 6.07) is 10.4. The largest absolute Gasteiger partial charge is 0.493 e. The molecule has 0 aromatic heterocycles. The zero-order valence-corrected chi connectivity index (χ0v) is 12.4. The van der Waals surface area contributed by atoms with E-state index in [1.807, 2.05) is 12.1 Å². The number of aryl methyl sites for hydroxylation is 1. The minimum Gasteiger partial charge on any atom is -0.493 e. The summed E-state index contributed by atoms with van der Waals surface area (Å²) in [6.07, 6.45) is 2.40. The molecule has 0 saturated carbocycles. The molecule has 0 bridgehead atoms. The van der Waals surface area contributed by atoms with Crippen molar-refractivity contribution >= 4 is 11.6 Å². The molecule has 0 saturated heterocycles. The van der Waals surface area contributed by atoms with Gasteiger partial charge in [0.25, 0.3) is 0 Å². The lowest BCUT2D eigenvalue weighted by atomic mass is 9.95. The summed E-state index contributed by atoms with van der Waals surface area (Å²) < 4.78 is 19.4. The van der Waals surface area contributed by atoms with Gasteiger partial charge in [-0.25, -0.2) is 4.39 Å². The molecule has 1 aliphatic rings. The van der Waals surface area contributed by atoms with Crippen molar-refractivity contribution in [3.05, 3.63) is 63.9 Å². The van der Waals surface area contributed by atoms with Crippen molar-refractivity contribution in [1.29, 1.82) is 0 Å². The van der Waals surface area contributed by atoms with Crippen LogP contribution < -0.4 is 10.5 Å². The molecular formula is C17H17ClFNO. The third-order valence-corrected chi connectivity index (χ3v) is 4.20. The van der Waals surface area contributed by atoms with Gasteiger partial charge >= 0.3 is 0 Å². The molecule has 2 aromatic rings. The molecule has 21 heavy (non-hydrogen) atoms. The van der Waals surface area contributed by atoms with Gasteiger partial charge in [0.15, 0.2) is 0 Å². The molecule has 2 aromatic carbocycles. The monoisotopic (exact) mass is 305 g/mol. The number of benzene rings is 2. The fourth-order valence-electron chi connectivity index (χ4n) is 2.68. The molecule has 1 atom stereocenters. The first-order chi connectivity index (χ1) is 10.1. The summed E-state index contributed by atoms with van der Waals surface area (Å²) in [5, 5.41) is 0.423. The number of rotatable bonds is 3. The molecule has 1 aliphatic heterocycles. The molecule has 1 unspecified atom stereocenters. The minimum atomic E-state index is -0.306. The lowest BCUT2D eigenvalue weighted by Gasteiger charge is -2.20. The van der Waals surface area contributed by atoms with Gasteiger partial charge < -0.3 is 10.5 Å². The Bertz CT molecular complexity index is 639. The number of fused-ring (bicyclic) bond motifs is 1. The van der Waals surface area contributed by atoms with Crippen molar-refractivity contribution in [2.24, 2.45) is 5.73 Å². The molecule has 3 rings (SSSR count). The highest BCUT2D eigenvalue weighted by atomic mass is 35.5. The molecule has 0 fully saturated rings. The van der Waals surface area contributed by atoms with Gasteiger partial charge in [-0.1, -0.05) is 29.8 Å². The van der Waals surface area contributed by atoms with Crippen LogP contribution in [-0.4, -0.2) is 6.61 Å². The number of hydrogen-bond donors (Lipinski definition) is 1. The van der Waals surface area contributed by atoms with Crippen molar-refractivity contribution in [3.8, 4) is 5.75 Å². The maximum atomic E-state index is 13.8. The van der Waals surface area contributed by atoms with E-state index in [2.05, 4.69) is 6.07 Å². The molecule has 4 heteroatoms. The SMILES string of the molecule is NC(Cc1c(F)cccc1Cl)c1ccc2c(c1)CCCO2. The second-order valence-electron chi connectivity index (χ2n) is 5.33. The van der Waals surface area contributed by atoms with Gasteiger partial charge in [-0.05, 0) is 48.6 Å². The van der Waals surface area contributed by atoms with Gasteiger partial charge in [-0.3, -0.25) is 0 Å². The fourth-order valence-corrected chi connectivity index (χ4v) is 2.92. The van der Waals surface area contributed by atoms with Gasteiger partial charge in [0.2, 0.25) is 0 Å². The lowest BCUT2D eigenvalue weighted by Crippen LogP contribution is -2.16. The fraction of sp³-hybridized carbons (Fsp3) is 0.294. The second-order valence-corrected chi connectivity index (χ2v) is 5.74. The number of ether oxygens (including phenoxy) is 1. The van der Waals surface area contributed by atoms with E-state index in [9.17, 15) is 4.39 Å². The predicted octanol–water partition coefficient (Wildman–Crippen LogP) is 4.05. The number of nitrogens with two attached hydrogens (primary N) is 1. The van der Waals surface area contributed by atoms with E-state index in [1.54, 1.807) is 12.1 Å². The quantitative estimate of drug-likeness (QED) is 0.928. The maximum absolute atomic E-state index is 13.8. The molecule has 2 nitrogen and oxygen atoms in total. The van der Waals surface area contributed by atoms with E-state index in [-0.39, 0.29) is 11.9 Å². The summed E-state index contributed by atoms with van der Waals surface area (Å²) in [5.74, 6) is 0.625. The maximum Gasteiger partial charge on any atom is 0.127 e. The highest BCUT2D eigenvalue weighted by Crippen LogP contribution is 2.29. The van der Waals surface area contributed by atoms with Crippen LogP contribution in [0.5, 0.6) is 5.75 Å². The zero-order valence-electron chi connectivity index (χ0n) is 11.6. The van der Waals surface area contributed by atoms with E-state index in [0.29, 0.717) is 17.0 Å². The zero-order chi connectivity index (χ0) is 14.8. The van der Waals surface area contributed by atoms with Crippen LogP contribution in [0, 0.1) is 5.82 Å². The minimum absolute atomic E-state index is 0.286. The van der Waals surface area contributed by atoms with E-state index < -0.39 is 0 Å². The Labute approximate surface area is 128 Å². The molecule has 2 N–H and O–H groups in total. The summed E-state index contributed by atoms with van der Waals surface area (Å²) in [6.45, 7) is 0.767. The molecule has 0 aliphatic carbocycles. The van der Waals surface area contributed by atoms with Gasteiger partial charge in [-0.2, -0.15) is 0 Å². The standard InChI is InChI=1S/C17H17ClFNO/c18-14-4-1-5-15(19)13(14)10-16(20)11-6-7-17-12(9-11)3-2-8-21-17/h1,4-7,9,16H,2-3,8,10,20H2. The Balaban J connectivity index is 1.84. The Morgan fingerprint density at radius 2 is 2.14 bits per heavy atom. The molecule has 1 heterocycles. The highest BCUT2D eigenvalue weighted by Gasteiger charge is 2.16. The summed E-state index contributed by atoms with van der Waals surface area (Å²) in [4.78, 5) is 0. The van der Waals surface area contributed by atoms with Crippen LogP contribution in [0.3, 0.4) is 0 Å². The third kappa shape index (κ3) is 3.04. The Morgan fingerprint density at radius 3 is 2.95 bits per heavy atom. The first kappa shape index (κ1) is 14.4. The van der Waals surface area contributed by atoms with Gasteiger partial charge in [-0.15, -0.1) is 0 Å². The normalized spacial score (nSPS) is 15.2. The number of hydrogen-bond acceptors (Lipinski definition) is 2. The second kappa shape index (κ2) is 6.04. The molecule has 0 radical (unpaired) electrons. The lowest BCUT2D eigenvalue weighted by molar-refractivity contribution is 0.288. The first-order valence-corrected chi connectivity index (χ1v) is 7.47. The highest BCUT2D eigenvalue weighted by molar-refractivity contribution is 6.31. The predicted molar refractivity (Wildman–Crippen MR) is 82.3 cm³/mol. The van der Waals surface area contributed by atoms with Crippen molar-refractivity contribution in [3.63, 3.8) is 0 Å². The number of halogens is 2. The van der Waals surface area contributed by atoms with Crippen LogP contribution in [0.2, 0.25) is 5.02 Å². The van der Waals surface area contributed by atoms with E-state index in [0.717, 1.165) is 30.8 Å². The van der Waals surface area contributed by atoms with Gasteiger partial charge in [0.1, 0.15) is 11.6 Å². The van der Waals surface area contributed by atoms with Crippen molar-refractivity contribution < 1.29 is 9.13 Å². The van der Waals surface area contributed by atoms with Crippen LogP contribution in [-0.2, 0) is 12.8 Å². The summed E-state index contributed by atoms with van der Waals surface area (Å²) >= 11 is 6.06. The average molecular weight is 306 g/mol. The Morgan fingerprint density at radius 1 is 1.29 bits per heavy atom. The van der Waals surface area contributed by atoms with Crippen LogP contribution in [0.15, 0.2) is 36.4 Å². The molecule has 0 spiro atoms. The van der Waals surface area contributed by atoms with Crippen LogP contribution in [0.25, 0.3) is 0 Å². The van der Waals surface area contributed by atoms with Crippen LogP contribution >= 0.6 is 11.6 Å². The topological polar surface area (TPSA) is 35.2 Å². The van der Waals surface area contributed by atoms with Crippen molar-refractivity contribution in [2.45, 2.75) is 25.3 Å². The average Bonchev–Trinajstić information content (AvgIpc) is 2.50. The summed E-state index contributed by atoms with van der Waals surface area (Å²) in [7, 11) is 0. The van der Waals surface area contributed by atoms with E-state index in [4.69, 9.17) is 22.1 Å². The third-order valence-electron chi connectivity index (χ3n) is 3.85. The van der Waals surface area contributed by atoms with Crippen LogP contribution in [0.4, 0.5) is 4.39 Å². The molecule has 0 amide bonds. The van der Waals surface area contributed by atoms with E-state index >= 15 is 0 Å². The van der Waals surface area contributed by atoms with Crippen molar-refractivity contribution in [1.82, 2.24) is 0 Å².